The van der Waals surface area contributed by atoms with Gasteiger partial charge in [-0.15, -0.1) is 0 Å². The lowest BCUT2D eigenvalue weighted by atomic mass is 9.87. The van der Waals surface area contributed by atoms with Gasteiger partial charge >= 0.3 is 0 Å². The molecular formula is C13H28N2O2S. The zero-order chi connectivity index (χ0) is 14.0. The zero-order valence-electron chi connectivity index (χ0n) is 12.1. The first-order chi connectivity index (χ1) is 8.09. The predicted molar refractivity (Wildman–Crippen MR) is 76.4 cm³/mol. The molecule has 5 heteroatoms. The molecule has 0 radical (unpaired) electrons. The molecule has 0 aliphatic carbocycles. The Balaban J connectivity index is 2.31. The lowest BCUT2D eigenvalue weighted by molar-refractivity contribution is 0.238. The monoisotopic (exact) mass is 276 g/mol. The second-order valence-electron chi connectivity index (χ2n) is 6.85. The Hall–Kier alpha value is -0.130. The summed E-state index contributed by atoms with van der Waals surface area (Å²) in [6, 6.07) is 0.391. The molecule has 18 heavy (non-hydrogen) atoms. The van der Waals surface area contributed by atoms with Gasteiger partial charge in [0, 0.05) is 12.1 Å². The summed E-state index contributed by atoms with van der Waals surface area (Å²) in [5.41, 5.74) is 6.37. The average Bonchev–Trinajstić information content (AvgIpc) is 2.52. The molecule has 1 aliphatic heterocycles. The highest BCUT2D eigenvalue weighted by Crippen LogP contribution is 2.22. The minimum absolute atomic E-state index is 0.192. The van der Waals surface area contributed by atoms with Gasteiger partial charge in [0.25, 0.3) is 0 Å². The van der Waals surface area contributed by atoms with Gasteiger partial charge in [-0.2, -0.15) is 0 Å². The quantitative estimate of drug-likeness (QED) is 0.821. The summed E-state index contributed by atoms with van der Waals surface area (Å²) in [5, 5.41) is 0. The molecule has 108 valence electrons. The van der Waals surface area contributed by atoms with Crippen molar-refractivity contribution in [3.63, 3.8) is 0 Å². The van der Waals surface area contributed by atoms with Gasteiger partial charge in [-0.25, -0.2) is 8.42 Å². The fourth-order valence-electron chi connectivity index (χ4n) is 2.56. The van der Waals surface area contributed by atoms with E-state index < -0.39 is 9.84 Å². The van der Waals surface area contributed by atoms with Crippen molar-refractivity contribution in [2.45, 2.75) is 52.1 Å². The molecule has 1 heterocycles. The smallest absolute Gasteiger partial charge is 0.151 e. The third-order valence-electron chi connectivity index (χ3n) is 3.56. The number of sulfone groups is 1. The van der Waals surface area contributed by atoms with Crippen LogP contribution in [-0.4, -0.2) is 50.5 Å². The molecule has 1 aliphatic rings. The Bertz CT molecular complexity index is 360. The summed E-state index contributed by atoms with van der Waals surface area (Å²) >= 11 is 0. The minimum atomic E-state index is -2.78. The van der Waals surface area contributed by atoms with Gasteiger partial charge in [-0.05, 0) is 38.3 Å². The maximum absolute atomic E-state index is 11.4. The molecule has 2 atom stereocenters. The van der Waals surface area contributed by atoms with Gasteiger partial charge in [0.05, 0.1) is 11.5 Å². The third-order valence-corrected chi connectivity index (χ3v) is 5.31. The van der Waals surface area contributed by atoms with Crippen LogP contribution in [0.15, 0.2) is 0 Å². The molecule has 2 N–H and O–H groups in total. The highest BCUT2D eigenvalue weighted by atomic mass is 32.2. The van der Waals surface area contributed by atoms with Crippen LogP contribution in [0.4, 0.5) is 0 Å². The van der Waals surface area contributed by atoms with Crippen molar-refractivity contribution < 1.29 is 8.42 Å². The molecule has 0 aromatic heterocycles. The summed E-state index contributed by atoms with van der Waals surface area (Å²) in [6.45, 7) is 7.47. The van der Waals surface area contributed by atoms with Crippen molar-refractivity contribution in [2.24, 2.45) is 11.1 Å². The van der Waals surface area contributed by atoms with E-state index in [1.165, 1.54) is 0 Å². The molecule has 0 amide bonds. The average molecular weight is 276 g/mol. The number of rotatable bonds is 5. The number of nitrogens with two attached hydrogens (primary N) is 1. The van der Waals surface area contributed by atoms with Crippen LogP contribution < -0.4 is 5.73 Å². The Labute approximate surface area is 112 Å². The first-order valence-electron chi connectivity index (χ1n) is 6.75. The van der Waals surface area contributed by atoms with Crippen molar-refractivity contribution in [3.05, 3.63) is 0 Å². The van der Waals surface area contributed by atoms with E-state index in [4.69, 9.17) is 5.73 Å². The van der Waals surface area contributed by atoms with E-state index >= 15 is 0 Å². The summed E-state index contributed by atoms with van der Waals surface area (Å²) in [5.74, 6) is 0.661. The van der Waals surface area contributed by atoms with Gasteiger partial charge in [-0.1, -0.05) is 20.8 Å². The van der Waals surface area contributed by atoms with Crippen LogP contribution in [0.2, 0.25) is 0 Å². The molecule has 0 aromatic rings. The van der Waals surface area contributed by atoms with Crippen LogP contribution in [-0.2, 0) is 9.84 Å². The number of nitrogens with zero attached hydrogens (tertiary/aromatic N) is 1. The topological polar surface area (TPSA) is 63.4 Å². The lowest BCUT2D eigenvalue weighted by Crippen LogP contribution is -2.37. The maximum atomic E-state index is 11.4. The molecule has 0 saturated carbocycles. The van der Waals surface area contributed by atoms with Gasteiger partial charge in [0.1, 0.15) is 0 Å². The van der Waals surface area contributed by atoms with E-state index in [1.807, 2.05) is 7.05 Å². The molecule has 4 nitrogen and oxygen atoms in total. The molecular weight excluding hydrogens is 248 g/mol. The normalized spacial score (nSPS) is 25.6. The molecule has 0 aromatic carbocycles. The van der Waals surface area contributed by atoms with Crippen LogP contribution in [0.25, 0.3) is 0 Å². The SMILES string of the molecule is CN(CCC(N)CC(C)(C)C)C1CCS(=O)(=O)C1. The van der Waals surface area contributed by atoms with Crippen molar-refractivity contribution >= 4 is 9.84 Å². The summed E-state index contributed by atoms with van der Waals surface area (Å²) < 4.78 is 22.8. The Morgan fingerprint density at radius 3 is 2.44 bits per heavy atom. The van der Waals surface area contributed by atoms with E-state index in [0.717, 1.165) is 25.8 Å². The summed E-state index contributed by atoms with van der Waals surface area (Å²) in [4.78, 5) is 2.16. The highest BCUT2D eigenvalue weighted by Gasteiger charge is 2.30. The molecule has 2 unspecified atom stereocenters. The number of hydrogen-bond donors (Lipinski definition) is 1. The fraction of sp³-hybridized carbons (Fsp3) is 1.00. The second-order valence-corrected chi connectivity index (χ2v) is 9.08. The first kappa shape index (κ1) is 15.9. The summed E-state index contributed by atoms with van der Waals surface area (Å²) in [6.07, 6.45) is 2.71. The van der Waals surface area contributed by atoms with Gasteiger partial charge < -0.3 is 10.6 Å². The Morgan fingerprint density at radius 2 is 2.00 bits per heavy atom. The molecule has 1 saturated heterocycles. The van der Waals surface area contributed by atoms with Crippen molar-refractivity contribution in [3.8, 4) is 0 Å². The van der Waals surface area contributed by atoms with Crippen LogP contribution in [0.1, 0.15) is 40.0 Å². The van der Waals surface area contributed by atoms with Crippen LogP contribution in [0.3, 0.4) is 0 Å². The van der Waals surface area contributed by atoms with Crippen LogP contribution in [0, 0.1) is 5.41 Å². The van der Waals surface area contributed by atoms with Crippen LogP contribution >= 0.6 is 0 Å². The van der Waals surface area contributed by atoms with Gasteiger partial charge in [0.2, 0.25) is 0 Å². The van der Waals surface area contributed by atoms with Crippen molar-refractivity contribution in [2.75, 3.05) is 25.1 Å². The lowest BCUT2D eigenvalue weighted by Gasteiger charge is -2.27. The first-order valence-corrected chi connectivity index (χ1v) is 8.57. The molecule has 0 spiro atoms. The third kappa shape index (κ3) is 5.67. The standard InChI is InChI=1S/C13H28N2O2S/c1-13(2,3)9-11(14)5-7-15(4)12-6-8-18(16,17)10-12/h11-12H,5-10,14H2,1-4H3. The van der Waals surface area contributed by atoms with E-state index in [-0.39, 0.29) is 17.5 Å². The van der Waals surface area contributed by atoms with E-state index in [1.54, 1.807) is 0 Å². The predicted octanol–water partition coefficient (Wildman–Crippen LogP) is 1.26. The molecule has 1 fully saturated rings. The number of hydrogen-bond acceptors (Lipinski definition) is 4. The Morgan fingerprint density at radius 1 is 1.39 bits per heavy atom. The Kier molecular flexibility index (Phi) is 5.21. The molecule has 1 rings (SSSR count). The largest absolute Gasteiger partial charge is 0.328 e. The minimum Gasteiger partial charge on any atom is -0.328 e. The van der Waals surface area contributed by atoms with E-state index in [2.05, 4.69) is 25.7 Å². The summed E-state index contributed by atoms with van der Waals surface area (Å²) in [7, 11) is -0.772. The van der Waals surface area contributed by atoms with Gasteiger partial charge in [-0.3, -0.25) is 0 Å². The van der Waals surface area contributed by atoms with Gasteiger partial charge in [0.15, 0.2) is 9.84 Å². The second kappa shape index (κ2) is 5.88. The maximum Gasteiger partial charge on any atom is 0.151 e. The zero-order valence-corrected chi connectivity index (χ0v) is 13.0. The molecule has 0 bridgehead atoms. The van der Waals surface area contributed by atoms with E-state index in [9.17, 15) is 8.42 Å². The van der Waals surface area contributed by atoms with Crippen molar-refractivity contribution in [1.29, 1.82) is 0 Å². The van der Waals surface area contributed by atoms with Crippen LogP contribution in [0.5, 0.6) is 0 Å². The highest BCUT2D eigenvalue weighted by molar-refractivity contribution is 7.91. The van der Waals surface area contributed by atoms with E-state index in [0.29, 0.717) is 11.5 Å². The fourth-order valence-corrected chi connectivity index (χ4v) is 4.37. The van der Waals surface area contributed by atoms with Crippen molar-refractivity contribution in [1.82, 2.24) is 4.90 Å².